The van der Waals surface area contributed by atoms with Crippen LogP contribution >= 0.6 is 0 Å². The van der Waals surface area contributed by atoms with E-state index in [0.717, 1.165) is 25.3 Å². The smallest absolute Gasteiger partial charge is 0.338 e. The number of nitrogens with one attached hydrogen (secondary N) is 1. The molecule has 0 heterocycles. The molecule has 0 aliphatic heterocycles. The normalized spacial score (nSPS) is 10.1. The minimum absolute atomic E-state index is 0.0725. The molecule has 0 spiro atoms. The summed E-state index contributed by atoms with van der Waals surface area (Å²) in [6, 6.07) is 7.23. The monoisotopic (exact) mass is 359 g/mol. The minimum atomic E-state index is -0.857. The molecule has 0 radical (unpaired) electrons. The van der Waals surface area contributed by atoms with E-state index >= 15 is 0 Å². The first-order valence-corrected chi connectivity index (χ1v) is 7.17. The van der Waals surface area contributed by atoms with Crippen LogP contribution in [0, 0.1) is 27.2 Å². The molecule has 0 bridgehead atoms. The van der Waals surface area contributed by atoms with Gasteiger partial charge in [-0.2, -0.15) is 0 Å². The predicted molar refractivity (Wildman–Crippen MR) is 90.2 cm³/mol. The number of carbonyl (C=O) groups excluding carboxylic acids is 2. The number of hydrogen-bond acceptors (Lipinski definition) is 7. The Morgan fingerprint density at radius 2 is 1.65 bits per heavy atom. The maximum absolute atomic E-state index is 12.4. The number of amides is 1. The molecule has 0 aliphatic rings. The van der Waals surface area contributed by atoms with Gasteiger partial charge in [0, 0.05) is 23.8 Å². The van der Waals surface area contributed by atoms with Crippen molar-refractivity contribution in [1.29, 1.82) is 0 Å². The van der Waals surface area contributed by atoms with E-state index < -0.39 is 27.4 Å². The largest absolute Gasteiger partial charge is 0.465 e. The lowest BCUT2D eigenvalue weighted by molar-refractivity contribution is -0.384. The molecule has 1 N–H and O–H groups in total. The third-order valence-corrected chi connectivity index (χ3v) is 3.41. The maximum atomic E-state index is 12.4. The van der Waals surface area contributed by atoms with E-state index in [1.807, 2.05) is 0 Å². The van der Waals surface area contributed by atoms with Crippen LogP contribution in [-0.4, -0.2) is 28.8 Å². The number of ether oxygens (including phenoxy) is 1. The van der Waals surface area contributed by atoms with Crippen molar-refractivity contribution in [1.82, 2.24) is 0 Å². The Kier molecular flexibility index (Phi) is 5.26. The molecular weight excluding hydrogens is 346 g/mol. The number of aryl methyl sites for hydroxylation is 1. The van der Waals surface area contributed by atoms with Crippen molar-refractivity contribution in [2.75, 3.05) is 12.4 Å². The zero-order chi connectivity index (χ0) is 19.4. The predicted octanol–water partition coefficient (Wildman–Crippen LogP) is 2.85. The summed E-state index contributed by atoms with van der Waals surface area (Å²) in [5, 5.41) is 24.5. The van der Waals surface area contributed by atoms with Gasteiger partial charge in [-0.1, -0.05) is 6.07 Å². The Labute approximate surface area is 146 Å². The van der Waals surface area contributed by atoms with Gasteiger partial charge in [0.25, 0.3) is 17.3 Å². The first kappa shape index (κ1) is 18.5. The van der Waals surface area contributed by atoms with Gasteiger partial charge in [0.05, 0.1) is 22.5 Å². The molecule has 10 nitrogen and oxygen atoms in total. The van der Waals surface area contributed by atoms with Crippen molar-refractivity contribution in [3.63, 3.8) is 0 Å². The second kappa shape index (κ2) is 7.38. The van der Waals surface area contributed by atoms with Gasteiger partial charge in [0.1, 0.15) is 5.69 Å². The summed E-state index contributed by atoms with van der Waals surface area (Å²) in [4.78, 5) is 44.7. The summed E-state index contributed by atoms with van der Waals surface area (Å²) in [5.41, 5.74) is -0.664. The summed E-state index contributed by atoms with van der Waals surface area (Å²) in [6.07, 6.45) is 0. The third kappa shape index (κ3) is 3.98. The lowest BCUT2D eigenvalue weighted by Crippen LogP contribution is -2.15. The van der Waals surface area contributed by atoms with Gasteiger partial charge in [-0.25, -0.2) is 4.79 Å². The molecule has 2 aromatic rings. The third-order valence-electron chi connectivity index (χ3n) is 3.41. The van der Waals surface area contributed by atoms with Crippen LogP contribution in [0.3, 0.4) is 0 Å². The van der Waals surface area contributed by atoms with Gasteiger partial charge >= 0.3 is 5.97 Å². The van der Waals surface area contributed by atoms with Crippen LogP contribution in [0.4, 0.5) is 17.1 Å². The maximum Gasteiger partial charge on any atom is 0.338 e. The van der Waals surface area contributed by atoms with E-state index in [2.05, 4.69) is 10.1 Å². The van der Waals surface area contributed by atoms with E-state index in [1.54, 1.807) is 13.0 Å². The Bertz CT molecular complexity index is 924. The molecule has 2 aromatic carbocycles. The molecule has 26 heavy (non-hydrogen) atoms. The number of esters is 1. The number of nitrogens with zero attached hydrogens (tertiary/aromatic N) is 2. The van der Waals surface area contributed by atoms with Crippen LogP contribution in [0.15, 0.2) is 36.4 Å². The van der Waals surface area contributed by atoms with Gasteiger partial charge in [-0.05, 0) is 24.6 Å². The highest BCUT2D eigenvalue weighted by atomic mass is 16.6. The van der Waals surface area contributed by atoms with Crippen LogP contribution < -0.4 is 5.32 Å². The number of anilines is 1. The molecule has 0 atom stereocenters. The van der Waals surface area contributed by atoms with Crippen molar-refractivity contribution in [3.05, 3.63) is 73.3 Å². The Hall–Kier alpha value is -3.82. The van der Waals surface area contributed by atoms with Crippen molar-refractivity contribution >= 4 is 28.9 Å². The average Bonchev–Trinajstić information content (AvgIpc) is 2.61. The lowest BCUT2D eigenvalue weighted by Gasteiger charge is -2.08. The molecule has 2 rings (SSSR count). The molecule has 134 valence electrons. The van der Waals surface area contributed by atoms with E-state index in [1.165, 1.54) is 12.1 Å². The van der Waals surface area contributed by atoms with E-state index in [9.17, 15) is 29.8 Å². The van der Waals surface area contributed by atoms with Gasteiger partial charge in [-0.3, -0.25) is 25.0 Å². The second-order valence-corrected chi connectivity index (χ2v) is 5.25. The van der Waals surface area contributed by atoms with Crippen molar-refractivity contribution in [2.24, 2.45) is 0 Å². The Morgan fingerprint density at radius 3 is 2.23 bits per heavy atom. The molecule has 0 aliphatic carbocycles. The van der Waals surface area contributed by atoms with Crippen LogP contribution in [0.25, 0.3) is 0 Å². The number of nitro groups is 2. The van der Waals surface area contributed by atoms with Gasteiger partial charge in [-0.15, -0.1) is 0 Å². The average molecular weight is 359 g/mol. The second-order valence-electron chi connectivity index (χ2n) is 5.25. The topological polar surface area (TPSA) is 142 Å². The molecule has 1 amide bonds. The number of benzene rings is 2. The van der Waals surface area contributed by atoms with Crippen LogP contribution in [0.5, 0.6) is 0 Å². The van der Waals surface area contributed by atoms with Crippen LogP contribution in [0.1, 0.15) is 26.3 Å². The van der Waals surface area contributed by atoms with Crippen LogP contribution in [0.2, 0.25) is 0 Å². The SMILES string of the molecule is COC(=O)c1cc(C(=O)Nc2ccc(C)cc2[N+](=O)[O-])cc([N+](=O)[O-])c1. The summed E-state index contributed by atoms with van der Waals surface area (Å²) >= 11 is 0. The number of nitro benzene ring substituents is 2. The molecule has 0 aromatic heterocycles. The van der Waals surface area contributed by atoms with Crippen LogP contribution in [-0.2, 0) is 4.74 Å². The highest BCUT2D eigenvalue weighted by molar-refractivity contribution is 6.07. The summed E-state index contributed by atoms with van der Waals surface area (Å²) < 4.78 is 4.51. The van der Waals surface area contributed by atoms with Gasteiger partial charge in [0.15, 0.2) is 0 Å². The fourth-order valence-electron chi connectivity index (χ4n) is 2.18. The highest BCUT2D eigenvalue weighted by Gasteiger charge is 2.21. The summed E-state index contributed by atoms with van der Waals surface area (Å²) in [7, 11) is 1.09. The standard InChI is InChI=1S/C16H13N3O7/c1-9-3-4-13(14(5-9)19(24)25)17-15(20)10-6-11(16(21)26-2)8-12(7-10)18(22)23/h3-8H,1-2H3,(H,17,20). The molecule has 0 unspecified atom stereocenters. The summed E-state index contributed by atoms with van der Waals surface area (Å²) in [6.45, 7) is 1.65. The zero-order valence-corrected chi connectivity index (χ0v) is 13.7. The number of hydrogen-bond donors (Lipinski definition) is 1. The molecule has 10 heteroatoms. The van der Waals surface area contributed by atoms with E-state index in [0.29, 0.717) is 5.56 Å². The van der Waals surface area contributed by atoms with Gasteiger partial charge in [0.2, 0.25) is 0 Å². The minimum Gasteiger partial charge on any atom is -0.465 e. The van der Waals surface area contributed by atoms with Crippen molar-refractivity contribution in [3.8, 4) is 0 Å². The molecular formula is C16H13N3O7. The molecule has 0 saturated carbocycles. The Morgan fingerprint density at radius 1 is 1.00 bits per heavy atom. The van der Waals surface area contributed by atoms with Gasteiger partial charge < -0.3 is 10.1 Å². The number of rotatable bonds is 5. The fraction of sp³-hybridized carbons (Fsp3) is 0.125. The number of carbonyl (C=O) groups is 2. The zero-order valence-electron chi connectivity index (χ0n) is 13.7. The first-order chi connectivity index (χ1) is 12.2. The number of non-ortho nitro benzene ring substituents is 1. The van der Waals surface area contributed by atoms with E-state index in [-0.39, 0.29) is 22.5 Å². The molecule has 0 fully saturated rings. The fourth-order valence-corrected chi connectivity index (χ4v) is 2.18. The summed E-state index contributed by atoms with van der Waals surface area (Å²) in [5.74, 6) is -1.70. The lowest BCUT2D eigenvalue weighted by atomic mass is 10.1. The number of methoxy groups -OCH3 is 1. The first-order valence-electron chi connectivity index (χ1n) is 7.17. The quantitative estimate of drug-likeness (QED) is 0.491. The Balaban J connectivity index is 2.44. The van der Waals surface area contributed by atoms with E-state index in [4.69, 9.17) is 0 Å². The van der Waals surface area contributed by atoms with Crippen molar-refractivity contribution in [2.45, 2.75) is 6.92 Å². The van der Waals surface area contributed by atoms with Crippen molar-refractivity contribution < 1.29 is 24.2 Å². The molecule has 0 saturated heterocycles. The highest BCUT2D eigenvalue weighted by Crippen LogP contribution is 2.26.